The summed E-state index contributed by atoms with van der Waals surface area (Å²) in [4.78, 5) is 11.6. The zero-order valence-electron chi connectivity index (χ0n) is 10.2. The van der Waals surface area contributed by atoms with Crippen LogP contribution in [0.25, 0.3) is 0 Å². The van der Waals surface area contributed by atoms with Crippen molar-refractivity contribution in [2.24, 2.45) is 0 Å². The number of rotatable bonds is 1. The van der Waals surface area contributed by atoms with Crippen LogP contribution in [0, 0.1) is 6.92 Å². The number of anilines is 1. The predicted octanol–water partition coefficient (Wildman–Crippen LogP) is 4.76. The first-order valence-electron chi connectivity index (χ1n) is 5.15. The van der Waals surface area contributed by atoms with Crippen LogP contribution in [0.4, 0.5) is 10.5 Å². The van der Waals surface area contributed by atoms with Gasteiger partial charge in [0.25, 0.3) is 0 Å². The van der Waals surface area contributed by atoms with Crippen LogP contribution in [0.2, 0.25) is 5.02 Å². The molecule has 1 aromatic rings. The lowest BCUT2D eigenvalue weighted by Gasteiger charge is -2.20. The second-order valence-corrected chi connectivity index (χ2v) is 5.99. The molecule has 0 bridgehead atoms. The van der Waals surface area contributed by atoms with Crippen molar-refractivity contribution in [2.45, 2.75) is 33.3 Å². The highest BCUT2D eigenvalue weighted by Crippen LogP contribution is 2.32. The quantitative estimate of drug-likeness (QED) is 0.810. The number of ether oxygens (including phenoxy) is 1. The van der Waals surface area contributed by atoms with Gasteiger partial charge in [-0.15, -0.1) is 0 Å². The predicted molar refractivity (Wildman–Crippen MR) is 73.7 cm³/mol. The first kappa shape index (κ1) is 14.3. The van der Waals surface area contributed by atoms with E-state index in [9.17, 15) is 4.79 Å². The van der Waals surface area contributed by atoms with Gasteiger partial charge in [-0.05, 0) is 61.3 Å². The average molecular weight is 321 g/mol. The van der Waals surface area contributed by atoms with E-state index in [1.54, 1.807) is 26.8 Å². The van der Waals surface area contributed by atoms with Crippen molar-refractivity contribution < 1.29 is 9.53 Å². The minimum absolute atomic E-state index is 0.475. The van der Waals surface area contributed by atoms with E-state index >= 15 is 0 Å². The smallest absolute Gasteiger partial charge is 0.412 e. The molecule has 0 fully saturated rings. The molecule has 0 saturated carbocycles. The van der Waals surface area contributed by atoms with Gasteiger partial charge in [-0.25, -0.2) is 4.79 Å². The lowest BCUT2D eigenvalue weighted by atomic mass is 10.2. The highest BCUT2D eigenvalue weighted by Gasteiger charge is 2.18. The van der Waals surface area contributed by atoms with E-state index in [2.05, 4.69) is 21.2 Å². The lowest BCUT2D eigenvalue weighted by molar-refractivity contribution is 0.0636. The average Bonchev–Trinajstić information content (AvgIpc) is 2.08. The molecule has 0 aliphatic rings. The summed E-state index contributed by atoms with van der Waals surface area (Å²) < 4.78 is 5.88. The fraction of sp³-hybridized carbons (Fsp3) is 0.417. The molecule has 0 saturated heterocycles. The zero-order valence-corrected chi connectivity index (χ0v) is 12.6. The van der Waals surface area contributed by atoms with E-state index in [0.29, 0.717) is 10.7 Å². The molecule has 0 spiro atoms. The summed E-state index contributed by atoms with van der Waals surface area (Å²) in [5.41, 5.74) is 0.997. The first-order chi connectivity index (χ1) is 7.69. The van der Waals surface area contributed by atoms with E-state index in [1.165, 1.54) is 0 Å². The second kappa shape index (κ2) is 5.27. The Bertz CT molecular complexity index is 418. The Morgan fingerprint density at radius 3 is 2.47 bits per heavy atom. The largest absolute Gasteiger partial charge is 0.444 e. The SMILES string of the molecule is Cc1cc(Cl)c(NC(=O)OC(C)(C)C)c(Br)c1. The number of benzene rings is 1. The summed E-state index contributed by atoms with van der Waals surface area (Å²) in [6.45, 7) is 7.34. The third-order valence-corrected chi connectivity index (χ3v) is 2.74. The number of hydrogen-bond acceptors (Lipinski definition) is 2. The van der Waals surface area contributed by atoms with E-state index in [0.717, 1.165) is 10.0 Å². The second-order valence-electron chi connectivity index (χ2n) is 4.73. The van der Waals surface area contributed by atoms with Crippen molar-refractivity contribution in [1.82, 2.24) is 0 Å². The maximum absolute atomic E-state index is 11.6. The minimum atomic E-state index is -0.534. The third kappa shape index (κ3) is 4.56. The highest BCUT2D eigenvalue weighted by atomic mass is 79.9. The molecule has 0 radical (unpaired) electrons. The molecule has 3 nitrogen and oxygen atoms in total. The fourth-order valence-corrected chi connectivity index (χ4v) is 2.33. The Hall–Kier alpha value is -0.740. The first-order valence-corrected chi connectivity index (χ1v) is 6.32. The Labute approximate surface area is 115 Å². The summed E-state index contributed by atoms with van der Waals surface area (Å²) in [7, 11) is 0. The molecule has 5 heteroatoms. The summed E-state index contributed by atoms with van der Waals surface area (Å²) >= 11 is 9.40. The maximum atomic E-state index is 11.6. The van der Waals surface area contributed by atoms with Gasteiger partial charge < -0.3 is 4.74 Å². The van der Waals surface area contributed by atoms with Crippen molar-refractivity contribution in [2.75, 3.05) is 5.32 Å². The lowest BCUT2D eigenvalue weighted by Crippen LogP contribution is -2.27. The van der Waals surface area contributed by atoms with Crippen LogP contribution in [0.3, 0.4) is 0 Å². The summed E-state index contributed by atoms with van der Waals surface area (Å²) in [5.74, 6) is 0. The molecule has 0 heterocycles. The maximum Gasteiger partial charge on any atom is 0.412 e. The van der Waals surface area contributed by atoms with Gasteiger partial charge in [0, 0.05) is 4.47 Å². The standard InChI is InChI=1S/C12H15BrClNO2/c1-7-5-8(13)10(9(14)6-7)15-11(16)17-12(2,3)4/h5-6H,1-4H3,(H,15,16). The molecule has 94 valence electrons. The molecule has 0 aliphatic heterocycles. The van der Waals surface area contributed by atoms with Gasteiger partial charge in [-0.3, -0.25) is 5.32 Å². The van der Waals surface area contributed by atoms with Gasteiger partial charge in [0.1, 0.15) is 5.60 Å². The molecule has 1 aromatic carbocycles. The molecular weight excluding hydrogens is 305 g/mol. The molecular formula is C12H15BrClNO2. The van der Waals surface area contributed by atoms with E-state index in [4.69, 9.17) is 16.3 Å². The van der Waals surface area contributed by atoms with Gasteiger partial charge in [-0.1, -0.05) is 11.6 Å². The van der Waals surface area contributed by atoms with E-state index in [-0.39, 0.29) is 0 Å². The van der Waals surface area contributed by atoms with Gasteiger partial charge >= 0.3 is 6.09 Å². The van der Waals surface area contributed by atoms with Crippen molar-refractivity contribution in [3.05, 3.63) is 27.2 Å². The molecule has 0 aliphatic carbocycles. The van der Waals surface area contributed by atoms with Crippen molar-refractivity contribution >= 4 is 39.3 Å². The number of aryl methyl sites for hydroxylation is 1. The molecule has 17 heavy (non-hydrogen) atoms. The third-order valence-electron chi connectivity index (χ3n) is 1.81. The topological polar surface area (TPSA) is 38.3 Å². The number of nitrogens with one attached hydrogen (secondary N) is 1. The number of hydrogen-bond donors (Lipinski definition) is 1. The van der Waals surface area contributed by atoms with Crippen LogP contribution in [-0.4, -0.2) is 11.7 Å². The summed E-state index contributed by atoms with van der Waals surface area (Å²) in [6, 6.07) is 3.65. The van der Waals surface area contributed by atoms with E-state index in [1.807, 2.05) is 13.0 Å². The molecule has 1 rings (SSSR count). The van der Waals surface area contributed by atoms with Gasteiger partial charge in [0.15, 0.2) is 0 Å². The van der Waals surface area contributed by atoms with Crippen LogP contribution in [0.15, 0.2) is 16.6 Å². The van der Waals surface area contributed by atoms with Crippen LogP contribution >= 0.6 is 27.5 Å². The van der Waals surface area contributed by atoms with Crippen LogP contribution < -0.4 is 5.32 Å². The van der Waals surface area contributed by atoms with Crippen LogP contribution in [-0.2, 0) is 4.74 Å². The van der Waals surface area contributed by atoms with Crippen molar-refractivity contribution in [3.8, 4) is 0 Å². The van der Waals surface area contributed by atoms with E-state index < -0.39 is 11.7 Å². The fourth-order valence-electron chi connectivity index (χ4n) is 1.22. The van der Waals surface area contributed by atoms with Gasteiger partial charge in [0.05, 0.1) is 10.7 Å². The Morgan fingerprint density at radius 1 is 1.41 bits per heavy atom. The molecule has 1 N–H and O–H groups in total. The van der Waals surface area contributed by atoms with Gasteiger partial charge in [-0.2, -0.15) is 0 Å². The molecule has 0 aromatic heterocycles. The van der Waals surface area contributed by atoms with Crippen molar-refractivity contribution in [1.29, 1.82) is 0 Å². The zero-order chi connectivity index (χ0) is 13.2. The molecule has 1 amide bonds. The van der Waals surface area contributed by atoms with Gasteiger partial charge in [0.2, 0.25) is 0 Å². The summed E-state index contributed by atoms with van der Waals surface area (Å²) in [6.07, 6.45) is -0.524. The number of halogens is 2. The minimum Gasteiger partial charge on any atom is -0.444 e. The monoisotopic (exact) mass is 319 g/mol. The number of carbonyl (C=O) groups is 1. The van der Waals surface area contributed by atoms with Crippen molar-refractivity contribution in [3.63, 3.8) is 0 Å². The Balaban J connectivity index is 2.86. The highest BCUT2D eigenvalue weighted by molar-refractivity contribution is 9.10. The van der Waals surface area contributed by atoms with Crippen LogP contribution in [0.1, 0.15) is 26.3 Å². The summed E-state index contributed by atoms with van der Waals surface area (Å²) in [5, 5.41) is 3.10. The molecule has 0 atom stereocenters. The normalized spacial score (nSPS) is 11.2. The Kier molecular flexibility index (Phi) is 4.44. The van der Waals surface area contributed by atoms with Crippen LogP contribution in [0.5, 0.6) is 0 Å². The Morgan fingerprint density at radius 2 is 2.00 bits per heavy atom. The number of amides is 1. The molecule has 0 unspecified atom stereocenters. The number of carbonyl (C=O) groups excluding carboxylic acids is 1.